The van der Waals surface area contributed by atoms with Crippen LogP contribution >= 0.6 is 0 Å². The molecule has 16 heavy (non-hydrogen) atoms. The minimum atomic E-state index is -0.767. The molecular weight excluding hydrogens is 215 g/mol. The summed E-state index contributed by atoms with van der Waals surface area (Å²) in [5.74, 6) is -1.43. The number of benzene rings is 1. The van der Waals surface area contributed by atoms with Crippen LogP contribution in [-0.4, -0.2) is 18.5 Å². The van der Waals surface area contributed by atoms with E-state index in [0.29, 0.717) is 5.75 Å². The molecule has 4 nitrogen and oxygen atoms in total. The first-order chi connectivity index (χ1) is 7.61. The van der Waals surface area contributed by atoms with Crippen LogP contribution in [0.5, 0.6) is 5.75 Å². The lowest BCUT2D eigenvalue weighted by Gasteiger charge is -2.04. The van der Waals surface area contributed by atoms with Crippen LogP contribution in [-0.2, 0) is 14.3 Å². The summed E-state index contributed by atoms with van der Waals surface area (Å²) in [6.45, 7) is 1.20. The fourth-order valence-electron chi connectivity index (χ4n) is 0.902. The lowest BCUT2D eigenvalue weighted by atomic mass is 10.3. The molecule has 0 saturated carbocycles. The quantitative estimate of drug-likeness (QED) is 0.579. The summed E-state index contributed by atoms with van der Waals surface area (Å²) in [5, 5.41) is 0. The summed E-state index contributed by atoms with van der Waals surface area (Å²) in [6.07, 6.45) is 0.127. The summed E-state index contributed by atoms with van der Waals surface area (Å²) in [4.78, 5) is 21.7. The van der Waals surface area contributed by atoms with E-state index in [1.165, 1.54) is 24.3 Å². The summed E-state index contributed by atoms with van der Waals surface area (Å²) in [7, 11) is 0. The maximum atomic E-state index is 12.5. The van der Waals surface area contributed by atoms with E-state index in [2.05, 4.69) is 4.74 Å². The first-order valence-corrected chi connectivity index (χ1v) is 4.73. The monoisotopic (exact) mass is 226 g/mol. The van der Waals surface area contributed by atoms with E-state index in [0.717, 1.165) is 0 Å². The Kier molecular flexibility index (Phi) is 4.44. The first kappa shape index (κ1) is 12.2. The predicted molar refractivity (Wildman–Crippen MR) is 53.3 cm³/mol. The number of rotatable bonds is 4. The molecule has 0 spiro atoms. The van der Waals surface area contributed by atoms with E-state index < -0.39 is 17.8 Å². The van der Waals surface area contributed by atoms with Gasteiger partial charge in [0.25, 0.3) is 0 Å². The minimum absolute atomic E-state index is 0.127. The summed E-state index contributed by atoms with van der Waals surface area (Å²) in [6, 6.07) is 5.17. The predicted octanol–water partition coefficient (Wildman–Crippen LogP) is 1.68. The number of ether oxygens (including phenoxy) is 2. The van der Waals surface area contributed by atoms with Gasteiger partial charge in [0, 0.05) is 6.42 Å². The van der Waals surface area contributed by atoms with Crippen molar-refractivity contribution in [2.45, 2.75) is 13.3 Å². The molecule has 0 bridgehead atoms. The van der Waals surface area contributed by atoms with Gasteiger partial charge >= 0.3 is 11.9 Å². The average molecular weight is 226 g/mol. The van der Waals surface area contributed by atoms with Crippen LogP contribution < -0.4 is 4.74 Å². The van der Waals surface area contributed by atoms with Crippen LogP contribution in [0.25, 0.3) is 0 Å². The zero-order chi connectivity index (χ0) is 12.0. The Labute approximate surface area is 92.0 Å². The Morgan fingerprint density at radius 2 is 1.81 bits per heavy atom. The standard InChI is InChI=1S/C11H11FO4/c1-2-10(13)16-11(14)7-15-9-5-3-8(12)4-6-9/h3-6H,2,7H2,1H3. The van der Waals surface area contributed by atoms with Crippen molar-refractivity contribution in [2.24, 2.45) is 0 Å². The van der Waals surface area contributed by atoms with E-state index in [9.17, 15) is 14.0 Å². The number of carbonyl (C=O) groups is 2. The molecule has 0 saturated heterocycles. The zero-order valence-electron chi connectivity index (χ0n) is 8.73. The van der Waals surface area contributed by atoms with E-state index in [1.54, 1.807) is 6.92 Å². The second-order valence-corrected chi connectivity index (χ2v) is 2.94. The molecule has 0 heterocycles. The molecule has 0 aliphatic heterocycles. The van der Waals surface area contributed by atoms with Gasteiger partial charge in [0.1, 0.15) is 11.6 Å². The molecule has 1 aromatic carbocycles. The van der Waals surface area contributed by atoms with Crippen LogP contribution in [0.4, 0.5) is 4.39 Å². The second-order valence-electron chi connectivity index (χ2n) is 2.94. The highest BCUT2D eigenvalue weighted by Gasteiger charge is 2.08. The van der Waals surface area contributed by atoms with Gasteiger partial charge in [-0.2, -0.15) is 0 Å². The molecule has 0 aliphatic rings. The zero-order valence-corrected chi connectivity index (χ0v) is 8.73. The number of carbonyl (C=O) groups excluding carboxylic acids is 2. The van der Waals surface area contributed by atoms with Crippen molar-refractivity contribution in [3.05, 3.63) is 30.1 Å². The molecule has 1 aromatic rings. The molecule has 0 fully saturated rings. The van der Waals surface area contributed by atoms with Gasteiger partial charge in [0.2, 0.25) is 0 Å². The van der Waals surface area contributed by atoms with Crippen LogP contribution in [0.1, 0.15) is 13.3 Å². The smallest absolute Gasteiger partial charge is 0.351 e. The maximum Gasteiger partial charge on any atom is 0.351 e. The third-order valence-electron chi connectivity index (χ3n) is 1.69. The Morgan fingerprint density at radius 3 is 2.38 bits per heavy atom. The van der Waals surface area contributed by atoms with E-state index in [-0.39, 0.29) is 13.0 Å². The molecule has 1 rings (SSSR count). The highest BCUT2D eigenvalue weighted by molar-refractivity contribution is 5.86. The fourth-order valence-corrected chi connectivity index (χ4v) is 0.902. The van der Waals surface area contributed by atoms with Crippen molar-refractivity contribution < 1.29 is 23.5 Å². The van der Waals surface area contributed by atoms with Crippen molar-refractivity contribution in [3.63, 3.8) is 0 Å². The van der Waals surface area contributed by atoms with Gasteiger partial charge in [0.05, 0.1) is 0 Å². The number of esters is 2. The lowest BCUT2D eigenvalue weighted by Crippen LogP contribution is -2.18. The Morgan fingerprint density at radius 1 is 1.19 bits per heavy atom. The van der Waals surface area contributed by atoms with Gasteiger partial charge < -0.3 is 9.47 Å². The van der Waals surface area contributed by atoms with Crippen LogP contribution in [0.15, 0.2) is 24.3 Å². The third kappa shape index (κ3) is 4.08. The molecule has 0 radical (unpaired) electrons. The average Bonchev–Trinajstić information content (AvgIpc) is 2.28. The molecule has 0 N–H and O–H groups in total. The number of halogens is 1. The Bertz CT molecular complexity index is 372. The van der Waals surface area contributed by atoms with Crippen LogP contribution in [0.2, 0.25) is 0 Å². The topological polar surface area (TPSA) is 52.6 Å². The molecular formula is C11H11FO4. The highest BCUT2D eigenvalue weighted by atomic mass is 19.1. The van der Waals surface area contributed by atoms with Crippen molar-refractivity contribution in [1.82, 2.24) is 0 Å². The van der Waals surface area contributed by atoms with Crippen molar-refractivity contribution in [1.29, 1.82) is 0 Å². The fraction of sp³-hybridized carbons (Fsp3) is 0.273. The number of hydrogen-bond acceptors (Lipinski definition) is 4. The maximum absolute atomic E-state index is 12.5. The molecule has 0 aromatic heterocycles. The SMILES string of the molecule is CCC(=O)OC(=O)COc1ccc(F)cc1. The molecule has 0 aliphatic carbocycles. The Balaban J connectivity index is 2.37. The first-order valence-electron chi connectivity index (χ1n) is 4.73. The van der Waals surface area contributed by atoms with Crippen LogP contribution in [0.3, 0.4) is 0 Å². The third-order valence-corrected chi connectivity index (χ3v) is 1.69. The van der Waals surface area contributed by atoms with Crippen molar-refractivity contribution in [3.8, 4) is 5.75 Å². The van der Waals surface area contributed by atoms with Gasteiger partial charge in [-0.25, -0.2) is 9.18 Å². The van der Waals surface area contributed by atoms with Crippen molar-refractivity contribution >= 4 is 11.9 Å². The summed E-state index contributed by atoms with van der Waals surface area (Å²) < 4.78 is 21.9. The van der Waals surface area contributed by atoms with Gasteiger partial charge in [-0.15, -0.1) is 0 Å². The summed E-state index contributed by atoms with van der Waals surface area (Å²) in [5.41, 5.74) is 0. The van der Waals surface area contributed by atoms with Gasteiger partial charge in [0.15, 0.2) is 6.61 Å². The van der Waals surface area contributed by atoms with Crippen LogP contribution in [0, 0.1) is 5.82 Å². The largest absolute Gasteiger partial charge is 0.482 e. The molecule has 5 heteroatoms. The normalized spacial score (nSPS) is 9.62. The Hall–Kier alpha value is -1.91. The minimum Gasteiger partial charge on any atom is -0.482 e. The van der Waals surface area contributed by atoms with Crippen molar-refractivity contribution in [2.75, 3.05) is 6.61 Å². The van der Waals surface area contributed by atoms with E-state index in [1.807, 2.05) is 0 Å². The molecule has 0 amide bonds. The molecule has 0 atom stereocenters. The van der Waals surface area contributed by atoms with E-state index >= 15 is 0 Å². The second kappa shape index (κ2) is 5.85. The highest BCUT2D eigenvalue weighted by Crippen LogP contribution is 2.10. The van der Waals surface area contributed by atoms with Gasteiger partial charge in [-0.05, 0) is 24.3 Å². The van der Waals surface area contributed by atoms with E-state index in [4.69, 9.17) is 4.74 Å². The molecule has 86 valence electrons. The summed E-state index contributed by atoms with van der Waals surface area (Å²) >= 11 is 0. The van der Waals surface area contributed by atoms with Gasteiger partial charge in [-0.1, -0.05) is 6.92 Å². The molecule has 0 unspecified atom stereocenters. The lowest BCUT2D eigenvalue weighted by molar-refractivity contribution is -0.160. The van der Waals surface area contributed by atoms with Gasteiger partial charge in [-0.3, -0.25) is 4.79 Å². The number of hydrogen-bond donors (Lipinski definition) is 0.